The van der Waals surface area contributed by atoms with E-state index in [1.54, 1.807) is 36.5 Å². The molecule has 0 radical (unpaired) electrons. The molecule has 0 spiro atoms. The van der Waals surface area contributed by atoms with Crippen LogP contribution in [0.4, 0.5) is 0 Å². The molecular formula is C14H18O2. The highest BCUT2D eigenvalue weighted by Gasteiger charge is 1.92. The third-order valence-corrected chi connectivity index (χ3v) is 1.57. The predicted octanol–water partition coefficient (Wildman–Crippen LogP) is 1.98. The molecule has 0 aromatic heterocycles. The number of rotatable bonds is 4. The van der Waals surface area contributed by atoms with Crippen LogP contribution >= 0.6 is 0 Å². The Hall–Kier alpha value is -1.56. The van der Waals surface area contributed by atoms with Crippen molar-refractivity contribution < 1.29 is 10.2 Å². The molecule has 0 saturated heterocycles. The van der Waals surface area contributed by atoms with Crippen molar-refractivity contribution in [1.82, 2.24) is 0 Å². The minimum absolute atomic E-state index is 0.846. The number of hydrogen-bond donors (Lipinski definition) is 2. The molecule has 0 aromatic rings. The van der Waals surface area contributed by atoms with Crippen LogP contribution < -0.4 is 0 Å². The van der Waals surface area contributed by atoms with Crippen LogP contribution in [0.5, 0.6) is 0 Å². The van der Waals surface area contributed by atoms with Crippen LogP contribution in [0.1, 0.15) is 13.8 Å². The molecule has 0 fully saturated rings. The predicted molar refractivity (Wildman–Crippen MR) is 67.7 cm³/mol. The van der Waals surface area contributed by atoms with Gasteiger partial charge in [0.1, 0.15) is 12.2 Å². The normalized spacial score (nSPS) is 16.0. The smallest absolute Gasteiger partial charge is 0.133 e. The SMILES string of the molecule is C/C=C/C=C/C(O)C#CC(O)/C=C/C=C/C. The van der Waals surface area contributed by atoms with Gasteiger partial charge in [-0.05, 0) is 26.0 Å². The summed E-state index contributed by atoms with van der Waals surface area (Å²) in [4.78, 5) is 0. The summed E-state index contributed by atoms with van der Waals surface area (Å²) in [6.07, 6.45) is 12.1. The average molecular weight is 218 g/mol. The minimum Gasteiger partial charge on any atom is -0.377 e. The Morgan fingerprint density at radius 1 is 0.750 bits per heavy atom. The van der Waals surface area contributed by atoms with E-state index < -0.39 is 12.2 Å². The fraction of sp³-hybridized carbons (Fsp3) is 0.286. The quantitative estimate of drug-likeness (QED) is 0.559. The second-order valence-electron chi connectivity index (χ2n) is 3.00. The summed E-state index contributed by atoms with van der Waals surface area (Å²) in [6.45, 7) is 3.77. The van der Waals surface area contributed by atoms with Crippen LogP contribution in [0, 0.1) is 11.8 Å². The van der Waals surface area contributed by atoms with Gasteiger partial charge in [0.05, 0.1) is 0 Å². The van der Waals surface area contributed by atoms with Gasteiger partial charge in [-0.3, -0.25) is 0 Å². The maximum absolute atomic E-state index is 9.35. The third-order valence-electron chi connectivity index (χ3n) is 1.57. The molecule has 0 aliphatic carbocycles. The van der Waals surface area contributed by atoms with E-state index in [-0.39, 0.29) is 0 Å². The Bertz CT molecular complexity index is 305. The van der Waals surface area contributed by atoms with Gasteiger partial charge in [-0.25, -0.2) is 0 Å². The van der Waals surface area contributed by atoms with Crippen LogP contribution in [0.25, 0.3) is 0 Å². The zero-order valence-electron chi connectivity index (χ0n) is 9.67. The van der Waals surface area contributed by atoms with Gasteiger partial charge in [0.2, 0.25) is 0 Å². The molecule has 0 saturated carbocycles. The summed E-state index contributed by atoms with van der Waals surface area (Å²) in [5.41, 5.74) is 0. The largest absolute Gasteiger partial charge is 0.377 e. The van der Waals surface area contributed by atoms with Gasteiger partial charge in [0, 0.05) is 0 Å². The third kappa shape index (κ3) is 9.01. The van der Waals surface area contributed by atoms with Gasteiger partial charge in [-0.2, -0.15) is 0 Å². The van der Waals surface area contributed by atoms with E-state index >= 15 is 0 Å². The van der Waals surface area contributed by atoms with Gasteiger partial charge in [-0.15, -0.1) is 0 Å². The summed E-state index contributed by atoms with van der Waals surface area (Å²) in [7, 11) is 0. The maximum atomic E-state index is 9.35. The van der Waals surface area contributed by atoms with Crippen molar-refractivity contribution in [2.75, 3.05) is 0 Å². The molecule has 0 aliphatic heterocycles. The first-order valence-electron chi connectivity index (χ1n) is 5.17. The summed E-state index contributed by atoms with van der Waals surface area (Å²) in [5, 5.41) is 18.7. The zero-order chi connectivity index (χ0) is 12.2. The van der Waals surface area contributed by atoms with Crippen molar-refractivity contribution in [2.45, 2.75) is 26.1 Å². The molecule has 2 nitrogen and oxygen atoms in total. The fourth-order valence-corrected chi connectivity index (χ4v) is 0.828. The lowest BCUT2D eigenvalue weighted by atomic mass is 10.2. The van der Waals surface area contributed by atoms with Crippen molar-refractivity contribution in [3.63, 3.8) is 0 Å². The molecule has 0 rings (SSSR count). The standard InChI is InChI=1S/C14H18O2/c1-3-5-7-9-13(15)11-12-14(16)10-8-6-4-2/h3-10,13-16H,1-2H3/b5-3+,6-4+,9-7+,10-8+. The highest BCUT2D eigenvalue weighted by atomic mass is 16.3. The molecule has 2 N–H and O–H groups in total. The molecule has 2 unspecified atom stereocenters. The van der Waals surface area contributed by atoms with E-state index in [1.165, 1.54) is 0 Å². The Labute approximate surface area is 97.3 Å². The lowest BCUT2D eigenvalue weighted by Crippen LogP contribution is -2.01. The first-order valence-corrected chi connectivity index (χ1v) is 5.17. The molecule has 0 amide bonds. The summed E-state index contributed by atoms with van der Waals surface area (Å²) >= 11 is 0. The highest BCUT2D eigenvalue weighted by molar-refractivity contribution is 5.21. The van der Waals surface area contributed by atoms with Gasteiger partial charge in [0.25, 0.3) is 0 Å². The Balaban J connectivity index is 4.16. The Kier molecular flexibility index (Phi) is 9.00. The monoisotopic (exact) mass is 218 g/mol. The molecule has 0 aromatic carbocycles. The molecular weight excluding hydrogens is 200 g/mol. The topological polar surface area (TPSA) is 40.5 Å². The first-order chi connectivity index (χ1) is 7.70. The maximum Gasteiger partial charge on any atom is 0.133 e. The van der Waals surface area contributed by atoms with E-state index in [0.29, 0.717) is 0 Å². The molecule has 0 aliphatic rings. The number of aliphatic hydroxyl groups is 2. The van der Waals surface area contributed by atoms with Crippen molar-refractivity contribution in [3.05, 3.63) is 48.6 Å². The Morgan fingerprint density at radius 2 is 1.12 bits per heavy atom. The number of allylic oxidation sites excluding steroid dienone is 6. The van der Waals surface area contributed by atoms with Crippen molar-refractivity contribution in [1.29, 1.82) is 0 Å². The second-order valence-corrected chi connectivity index (χ2v) is 3.00. The van der Waals surface area contributed by atoms with Gasteiger partial charge < -0.3 is 10.2 Å². The van der Waals surface area contributed by atoms with Gasteiger partial charge in [-0.1, -0.05) is 48.3 Å². The minimum atomic E-state index is -0.846. The first kappa shape index (κ1) is 14.4. The highest BCUT2D eigenvalue weighted by Crippen LogP contribution is 1.88. The van der Waals surface area contributed by atoms with Crippen molar-refractivity contribution >= 4 is 0 Å². The second kappa shape index (κ2) is 9.97. The Morgan fingerprint density at radius 3 is 1.44 bits per heavy atom. The fourth-order valence-electron chi connectivity index (χ4n) is 0.828. The van der Waals surface area contributed by atoms with Crippen LogP contribution in [0.15, 0.2) is 48.6 Å². The molecule has 2 heteroatoms. The lowest BCUT2D eigenvalue weighted by Gasteiger charge is -1.94. The molecule has 0 bridgehead atoms. The number of aliphatic hydroxyl groups excluding tert-OH is 2. The van der Waals surface area contributed by atoms with E-state index in [9.17, 15) is 10.2 Å². The van der Waals surface area contributed by atoms with Gasteiger partial charge in [0.15, 0.2) is 0 Å². The van der Waals surface area contributed by atoms with E-state index in [1.807, 2.05) is 26.0 Å². The zero-order valence-corrected chi connectivity index (χ0v) is 9.67. The summed E-state index contributed by atoms with van der Waals surface area (Å²) < 4.78 is 0. The molecule has 86 valence electrons. The van der Waals surface area contributed by atoms with Crippen LogP contribution in [0.3, 0.4) is 0 Å². The summed E-state index contributed by atoms with van der Waals surface area (Å²) in [6, 6.07) is 0. The van der Waals surface area contributed by atoms with Gasteiger partial charge >= 0.3 is 0 Å². The van der Waals surface area contributed by atoms with E-state index in [4.69, 9.17) is 0 Å². The molecule has 16 heavy (non-hydrogen) atoms. The van der Waals surface area contributed by atoms with Crippen molar-refractivity contribution in [2.24, 2.45) is 0 Å². The van der Waals surface area contributed by atoms with Crippen LogP contribution in [-0.2, 0) is 0 Å². The number of hydrogen-bond acceptors (Lipinski definition) is 2. The molecule has 0 heterocycles. The average Bonchev–Trinajstić information content (AvgIpc) is 2.27. The summed E-state index contributed by atoms with van der Waals surface area (Å²) in [5.74, 6) is 5.06. The van der Waals surface area contributed by atoms with Crippen molar-refractivity contribution in [3.8, 4) is 11.8 Å². The van der Waals surface area contributed by atoms with Crippen LogP contribution in [0.2, 0.25) is 0 Å². The molecule has 2 atom stereocenters. The van der Waals surface area contributed by atoms with E-state index in [0.717, 1.165) is 0 Å². The lowest BCUT2D eigenvalue weighted by molar-refractivity contribution is 0.270. The van der Waals surface area contributed by atoms with Crippen LogP contribution in [-0.4, -0.2) is 22.4 Å². The van der Waals surface area contributed by atoms with E-state index in [2.05, 4.69) is 11.8 Å².